The molecule has 0 amide bonds. The van der Waals surface area contributed by atoms with Crippen molar-refractivity contribution in [2.75, 3.05) is 13.6 Å². The Kier molecular flexibility index (Phi) is 4.23. The van der Waals surface area contributed by atoms with Crippen LogP contribution in [0.2, 0.25) is 0 Å². The van der Waals surface area contributed by atoms with Crippen LogP contribution in [-0.2, 0) is 5.54 Å². The van der Waals surface area contributed by atoms with Crippen LogP contribution in [0.15, 0.2) is 61.7 Å². The average Bonchev–Trinajstić information content (AvgIpc) is 2.84. The lowest BCUT2D eigenvalue weighted by atomic mass is 9.86. The topological polar surface area (TPSA) is 6.89 Å². The van der Waals surface area contributed by atoms with Gasteiger partial charge >= 0.3 is 0 Å². The number of pyridine rings is 1. The molecule has 0 N–H and O–H groups in total. The van der Waals surface area contributed by atoms with Gasteiger partial charge in [-0.05, 0) is 30.7 Å². The van der Waals surface area contributed by atoms with Crippen molar-refractivity contribution < 1.29 is 9.14 Å². The van der Waals surface area contributed by atoms with Crippen LogP contribution in [0, 0.1) is 13.8 Å². The lowest BCUT2D eigenvalue weighted by molar-refractivity contribution is -0.736. The Balaban J connectivity index is 2.21. The molecular formula is C22H26N2+2. The van der Waals surface area contributed by atoms with Crippen LogP contribution in [0.25, 0.3) is 11.3 Å². The third-order valence-corrected chi connectivity index (χ3v) is 5.01. The number of aryl methyl sites for hydroxylation is 2. The molecule has 2 heteroatoms. The molecule has 0 unspecified atom stereocenters. The minimum atomic E-state index is -0.201. The van der Waals surface area contributed by atoms with Crippen molar-refractivity contribution in [3.63, 3.8) is 0 Å². The second-order valence-electron chi connectivity index (χ2n) is 6.68. The van der Waals surface area contributed by atoms with E-state index in [2.05, 4.69) is 85.7 Å². The summed E-state index contributed by atoms with van der Waals surface area (Å²) in [6.45, 7) is 13.3. The molecule has 0 spiro atoms. The summed E-state index contributed by atoms with van der Waals surface area (Å²) in [6, 6.07) is 13.3. The van der Waals surface area contributed by atoms with E-state index in [0.717, 1.165) is 13.0 Å². The molecule has 0 radical (unpaired) electrons. The number of benzene rings is 1. The summed E-state index contributed by atoms with van der Waals surface area (Å²) in [6.07, 6.45) is 6.94. The van der Waals surface area contributed by atoms with Crippen LogP contribution in [0.3, 0.4) is 0 Å². The second-order valence-corrected chi connectivity index (χ2v) is 6.68. The molecule has 1 atom stereocenters. The first-order valence-electron chi connectivity index (χ1n) is 8.47. The Morgan fingerprint density at radius 1 is 1.17 bits per heavy atom. The van der Waals surface area contributed by atoms with Crippen molar-refractivity contribution in [3.05, 3.63) is 78.5 Å². The number of nitrogens with zero attached hydrogens (tertiary/aromatic N) is 2. The molecule has 1 aromatic carbocycles. The zero-order chi connectivity index (χ0) is 17.3. The molecule has 3 rings (SSSR count). The van der Waals surface area contributed by atoms with Crippen LogP contribution < -0.4 is 4.57 Å². The van der Waals surface area contributed by atoms with E-state index >= 15 is 0 Å². The van der Waals surface area contributed by atoms with Crippen LogP contribution in [0.1, 0.15) is 23.2 Å². The largest absolute Gasteiger partial charge is 0.238 e. The maximum absolute atomic E-state index is 4.23. The van der Waals surface area contributed by atoms with Crippen molar-refractivity contribution >= 4 is 6.21 Å². The predicted molar refractivity (Wildman–Crippen MR) is 101 cm³/mol. The molecular weight excluding hydrogens is 292 g/mol. The molecule has 0 aliphatic carbocycles. The Bertz CT molecular complexity index is 845. The first-order valence-corrected chi connectivity index (χ1v) is 8.47. The van der Waals surface area contributed by atoms with Crippen LogP contribution in [-0.4, -0.2) is 24.4 Å². The van der Waals surface area contributed by atoms with Gasteiger partial charge in [0.25, 0.3) is 0 Å². The maximum Gasteiger partial charge on any atom is 0.219 e. The van der Waals surface area contributed by atoms with E-state index in [-0.39, 0.29) is 5.54 Å². The summed E-state index contributed by atoms with van der Waals surface area (Å²) in [5, 5.41) is 0. The van der Waals surface area contributed by atoms with E-state index in [9.17, 15) is 0 Å². The van der Waals surface area contributed by atoms with Gasteiger partial charge in [-0.15, -0.1) is 0 Å². The fourth-order valence-corrected chi connectivity index (χ4v) is 3.99. The molecule has 1 aromatic heterocycles. The summed E-state index contributed by atoms with van der Waals surface area (Å²) in [4.78, 5) is 0. The van der Waals surface area contributed by atoms with Gasteiger partial charge < -0.3 is 0 Å². The minimum Gasteiger partial charge on any atom is -0.238 e. The van der Waals surface area contributed by atoms with E-state index in [0.29, 0.717) is 0 Å². The molecule has 122 valence electrons. The third-order valence-electron chi connectivity index (χ3n) is 5.01. The molecule has 1 aliphatic rings. The van der Waals surface area contributed by atoms with Crippen molar-refractivity contribution in [2.45, 2.75) is 25.8 Å². The highest BCUT2D eigenvalue weighted by atomic mass is 15.1. The number of allylic oxidation sites excluding steroid dienone is 2. The van der Waals surface area contributed by atoms with Crippen molar-refractivity contribution in [2.24, 2.45) is 0 Å². The van der Waals surface area contributed by atoms with Crippen LogP contribution >= 0.6 is 0 Å². The van der Waals surface area contributed by atoms with Crippen molar-refractivity contribution in [3.8, 4) is 11.3 Å². The van der Waals surface area contributed by atoms with E-state index in [1.54, 1.807) is 0 Å². The zero-order valence-corrected chi connectivity index (χ0v) is 14.9. The molecule has 0 bridgehead atoms. The summed E-state index contributed by atoms with van der Waals surface area (Å²) in [5.74, 6) is 0. The monoisotopic (exact) mass is 318 g/mol. The highest BCUT2D eigenvalue weighted by Crippen LogP contribution is 2.41. The van der Waals surface area contributed by atoms with Crippen LogP contribution in [0.4, 0.5) is 0 Å². The molecule has 2 nitrogen and oxygen atoms in total. The van der Waals surface area contributed by atoms with Gasteiger partial charge in [-0.25, -0.2) is 4.58 Å². The average molecular weight is 318 g/mol. The van der Waals surface area contributed by atoms with Gasteiger partial charge in [0.2, 0.25) is 11.2 Å². The smallest absolute Gasteiger partial charge is 0.219 e. The highest BCUT2D eigenvalue weighted by molar-refractivity contribution is 5.67. The number of fused-ring (bicyclic) bond motifs is 3. The molecule has 0 saturated carbocycles. The number of aromatic nitrogens is 1. The van der Waals surface area contributed by atoms with Gasteiger partial charge in [-0.3, -0.25) is 0 Å². The van der Waals surface area contributed by atoms with Gasteiger partial charge in [0, 0.05) is 24.6 Å². The summed E-state index contributed by atoms with van der Waals surface area (Å²) < 4.78 is 4.64. The summed E-state index contributed by atoms with van der Waals surface area (Å²) in [7, 11) is 2.09. The Morgan fingerprint density at radius 2 is 1.92 bits per heavy atom. The van der Waals surface area contributed by atoms with Gasteiger partial charge in [-0.1, -0.05) is 31.4 Å². The van der Waals surface area contributed by atoms with Gasteiger partial charge in [0.05, 0.1) is 12.0 Å². The number of hydrogen-bond donors (Lipinski definition) is 0. The van der Waals surface area contributed by atoms with Crippen molar-refractivity contribution in [1.82, 2.24) is 0 Å². The predicted octanol–water partition coefficient (Wildman–Crippen LogP) is 3.79. The fraction of sp³-hybridized carbons (Fsp3) is 0.273. The molecule has 24 heavy (non-hydrogen) atoms. The SMILES string of the molecule is C=CC=[N+](C)CC[C@@]1(C=C)c2ccccc2-c2cc(C)cc(C)[n+]21. The second kappa shape index (κ2) is 6.20. The van der Waals surface area contributed by atoms with E-state index in [1.165, 1.54) is 28.1 Å². The van der Waals surface area contributed by atoms with Gasteiger partial charge in [0.1, 0.15) is 13.6 Å². The standard InChI is InChI=1S/C22H26N2/c1-6-13-23(5)14-12-22(7-2)20-11-9-8-10-19(20)21-16-17(3)15-18(4)24(21)22/h6-11,13,15-16H,1-2,12,14H2,3-5H3/q+2/t22-/m0/s1. The normalized spacial score (nSPS) is 18.9. The first-order chi connectivity index (χ1) is 11.5. The Morgan fingerprint density at radius 3 is 2.62 bits per heavy atom. The van der Waals surface area contributed by atoms with Crippen LogP contribution in [0.5, 0.6) is 0 Å². The Hall–Kier alpha value is -2.48. The van der Waals surface area contributed by atoms with Crippen molar-refractivity contribution in [1.29, 1.82) is 0 Å². The first kappa shape index (κ1) is 16.4. The lowest BCUT2D eigenvalue weighted by Crippen LogP contribution is -2.56. The summed E-state index contributed by atoms with van der Waals surface area (Å²) in [5.41, 5.74) is 6.33. The minimum absolute atomic E-state index is 0.201. The lowest BCUT2D eigenvalue weighted by Gasteiger charge is -2.22. The van der Waals surface area contributed by atoms with Gasteiger partial charge in [-0.2, -0.15) is 4.57 Å². The molecule has 2 aromatic rings. The summed E-state index contributed by atoms with van der Waals surface area (Å²) >= 11 is 0. The molecule has 2 heterocycles. The molecule has 0 saturated heterocycles. The van der Waals surface area contributed by atoms with Gasteiger partial charge in [0.15, 0.2) is 11.9 Å². The fourth-order valence-electron chi connectivity index (χ4n) is 3.99. The van der Waals surface area contributed by atoms with E-state index in [1.807, 2.05) is 12.3 Å². The molecule has 0 fully saturated rings. The third kappa shape index (κ3) is 2.43. The highest BCUT2D eigenvalue weighted by Gasteiger charge is 2.50. The molecule has 1 aliphatic heterocycles. The zero-order valence-electron chi connectivity index (χ0n) is 14.9. The van der Waals surface area contributed by atoms with E-state index < -0.39 is 0 Å². The van der Waals surface area contributed by atoms with E-state index in [4.69, 9.17) is 0 Å². The Labute approximate surface area is 145 Å². The maximum atomic E-state index is 4.23. The number of hydrogen-bond acceptors (Lipinski definition) is 0. The number of rotatable bonds is 5. The quantitative estimate of drug-likeness (QED) is 0.450.